The summed E-state index contributed by atoms with van der Waals surface area (Å²) in [6.07, 6.45) is 2.14. The van der Waals surface area contributed by atoms with Gasteiger partial charge in [0, 0.05) is 19.4 Å². The molecule has 1 aromatic rings. The zero-order valence-corrected chi connectivity index (χ0v) is 9.08. The van der Waals surface area contributed by atoms with E-state index in [1.165, 1.54) is 0 Å². The lowest BCUT2D eigenvalue weighted by atomic mass is 10.2. The van der Waals surface area contributed by atoms with Gasteiger partial charge in [-0.05, 0) is 20.3 Å². The number of ketones is 1. The third kappa shape index (κ3) is 2.94. The Bertz CT molecular complexity index is 317. The van der Waals surface area contributed by atoms with E-state index in [-0.39, 0.29) is 0 Å². The van der Waals surface area contributed by atoms with Crippen molar-refractivity contribution in [1.29, 1.82) is 0 Å². The lowest BCUT2D eigenvalue weighted by Crippen LogP contribution is -2.05. The standard InChI is InChI=1S/C10H17N3O/c1-4-10(14)6-5-7-13-9(3)11-8(2)12-13/h4-7H2,1-3H3. The molecule has 0 saturated heterocycles. The van der Waals surface area contributed by atoms with Gasteiger partial charge in [-0.2, -0.15) is 5.10 Å². The summed E-state index contributed by atoms with van der Waals surface area (Å²) in [5.74, 6) is 2.04. The highest BCUT2D eigenvalue weighted by Crippen LogP contribution is 2.01. The highest BCUT2D eigenvalue weighted by atomic mass is 16.1. The molecule has 0 aliphatic rings. The molecule has 14 heavy (non-hydrogen) atoms. The number of carbonyl (C=O) groups is 1. The first kappa shape index (κ1) is 10.9. The second kappa shape index (κ2) is 4.88. The molecule has 0 bridgehead atoms. The van der Waals surface area contributed by atoms with Crippen LogP contribution in [0.2, 0.25) is 0 Å². The van der Waals surface area contributed by atoms with E-state index in [4.69, 9.17) is 0 Å². The van der Waals surface area contributed by atoms with Gasteiger partial charge in [-0.25, -0.2) is 4.98 Å². The highest BCUT2D eigenvalue weighted by molar-refractivity contribution is 5.77. The van der Waals surface area contributed by atoms with Crippen LogP contribution in [0.3, 0.4) is 0 Å². The number of hydrogen-bond acceptors (Lipinski definition) is 3. The number of carbonyl (C=O) groups excluding carboxylic acids is 1. The number of aryl methyl sites for hydroxylation is 3. The number of aromatic nitrogens is 3. The summed E-state index contributed by atoms with van der Waals surface area (Å²) in [5, 5.41) is 4.23. The molecule has 0 unspecified atom stereocenters. The second-order valence-electron chi connectivity index (χ2n) is 3.43. The Morgan fingerprint density at radius 1 is 1.43 bits per heavy atom. The van der Waals surface area contributed by atoms with Gasteiger partial charge in [0.1, 0.15) is 17.4 Å². The van der Waals surface area contributed by atoms with E-state index >= 15 is 0 Å². The summed E-state index contributed by atoms with van der Waals surface area (Å²) in [5.41, 5.74) is 0. The van der Waals surface area contributed by atoms with Crippen LogP contribution < -0.4 is 0 Å². The van der Waals surface area contributed by atoms with Crippen molar-refractivity contribution in [2.24, 2.45) is 0 Å². The molecule has 1 rings (SSSR count). The average molecular weight is 195 g/mol. The third-order valence-electron chi connectivity index (χ3n) is 2.18. The van der Waals surface area contributed by atoms with Crippen LogP contribution >= 0.6 is 0 Å². The second-order valence-corrected chi connectivity index (χ2v) is 3.43. The Balaban J connectivity index is 2.38. The van der Waals surface area contributed by atoms with Crippen molar-refractivity contribution in [2.45, 2.75) is 46.6 Å². The minimum absolute atomic E-state index is 0.319. The molecule has 0 atom stereocenters. The molecule has 0 N–H and O–H groups in total. The fourth-order valence-electron chi connectivity index (χ4n) is 1.38. The SMILES string of the molecule is CCC(=O)CCCn1nc(C)nc1C. The molecule has 0 saturated carbocycles. The molecular weight excluding hydrogens is 178 g/mol. The molecule has 0 aromatic carbocycles. The van der Waals surface area contributed by atoms with Crippen LogP contribution in [0.1, 0.15) is 37.8 Å². The fraction of sp³-hybridized carbons (Fsp3) is 0.700. The van der Waals surface area contributed by atoms with E-state index in [0.29, 0.717) is 18.6 Å². The van der Waals surface area contributed by atoms with Gasteiger partial charge in [-0.15, -0.1) is 0 Å². The molecule has 0 amide bonds. The van der Waals surface area contributed by atoms with Crippen molar-refractivity contribution in [3.63, 3.8) is 0 Å². The summed E-state index contributed by atoms with van der Waals surface area (Å²) in [6.45, 7) is 6.49. The largest absolute Gasteiger partial charge is 0.300 e. The lowest BCUT2D eigenvalue weighted by Gasteiger charge is -2.01. The third-order valence-corrected chi connectivity index (χ3v) is 2.18. The number of rotatable bonds is 5. The summed E-state index contributed by atoms with van der Waals surface area (Å²) < 4.78 is 1.86. The van der Waals surface area contributed by atoms with E-state index in [1.807, 2.05) is 25.5 Å². The van der Waals surface area contributed by atoms with E-state index in [9.17, 15) is 4.79 Å². The van der Waals surface area contributed by atoms with Crippen LogP contribution in [-0.4, -0.2) is 20.5 Å². The Morgan fingerprint density at radius 2 is 2.14 bits per heavy atom. The van der Waals surface area contributed by atoms with Crippen LogP contribution in [-0.2, 0) is 11.3 Å². The fourth-order valence-corrected chi connectivity index (χ4v) is 1.38. The topological polar surface area (TPSA) is 47.8 Å². The van der Waals surface area contributed by atoms with Gasteiger partial charge in [0.2, 0.25) is 0 Å². The smallest absolute Gasteiger partial charge is 0.147 e. The molecule has 1 heterocycles. The maximum absolute atomic E-state index is 11.0. The molecule has 78 valence electrons. The van der Waals surface area contributed by atoms with Gasteiger partial charge in [-0.1, -0.05) is 6.92 Å². The van der Waals surface area contributed by atoms with Crippen LogP contribution in [0.4, 0.5) is 0 Å². The zero-order valence-electron chi connectivity index (χ0n) is 9.08. The minimum Gasteiger partial charge on any atom is -0.300 e. The van der Waals surface area contributed by atoms with Gasteiger partial charge in [0.05, 0.1) is 0 Å². The van der Waals surface area contributed by atoms with Crippen LogP contribution in [0.25, 0.3) is 0 Å². The summed E-state index contributed by atoms with van der Waals surface area (Å²) in [7, 11) is 0. The van der Waals surface area contributed by atoms with Gasteiger partial charge in [0.25, 0.3) is 0 Å². The molecule has 0 radical (unpaired) electrons. The van der Waals surface area contributed by atoms with Gasteiger partial charge >= 0.3 is 0 Å². The normalized spacial score (nSPS) is 10.5. The maximum Gasteiger partial charge on any atom is 0.147 e. The number of nitrogens with zero attached hydrogens (tertiary/aromatic N) is 3. The average Bonchev–Trinajstić information content (AvgIpc) is 2.45. The molecular formula is C10H17N3O. The molecule has 4 nitrogen and oxygen atoms in total. The first-order chi connectivity index (χ1) is 6.63. The first-order valence-corrected chi connectivity index (χ1v) is 5.03. The number of hydrogen-bond donors (Lipinski definition) is 0. The van der Waals surface area contributed by atoms with Crippen molar-refractivity contribution in [2.75, 3.05) is 0 Å². The van der Waals surface area contributed by atoms with Crippen LogP contribution in [0.5, 0.6) is 0 Å². The van der Waals surface area contributed by atoms with Gasteiger partial charge in [-0.3, -0.25) is 9.48 Å². The molecule has 0 spiro atoms. The van der Waals surface area contributed by atoms with Gasteiger partial charge in [0.15, 0.2) is 0 Å². The summed E-state index contributed by atoms with van der Waals surface area (Å²) in [6, 6.07) is 0. The summed E-state index contributed by atoms with van der Waals surface area (Å²) in [4.78, 5) is 15.2. The lowest BCUT2D eigenvalue weighted by molar-refractivity contribution is -0.118. The molecule has 0 aliphatic carbocycles. The van der Waals surface area contributed by atoms with Crippen molar-refractivity contribution in [1.82, 2.24) is 14.8 Å². The Kier molecular flexibility index (Phi) is 3.80. The van der Waals surface area contributed by atoms with E-state index in [1.54, 1.807) is 0 Å². The molecule has 0 fully saturated rings. The van der Waals surface area contributed by atoms with Crippen LogP contribution in [0.15, 0.2) is 0 Å². The Morgan fingerprint density at radius 3 is 2.64 bits per heavy atom. The van der Waals surface area contributed by atoms with Crippen molar-refractivity contribution in [3.8, 4) is 0 Å². The van der Waals surface area contributed by atoms with E-state index < -0.39 is 0 Å². The van der Waals surface area contributed by atoms with Crippen molar-refractivity contribution < 1.29 is 4.79 Å². The quantitative estimate of drug-likeness (QED) is 0.717. The van der Waals surface area contributed by atoms with E-state index in [0.717, 1.165) is 24.6 Å². The molecule has 1 aromatic heterocycles. The maximum atomic E-state index is 11.0. The summed E-state index contributed by atoms with van der Waals surface area (Å²) >= 11 is 0. The highest BCUT2D eigenvalue weighted by Gasteiger charge is 2.03. The predicted octanol–water partition coefficient (Wildman–Crippen LogP) is 1.65. The Hall–Kier alpha value is -1.19. The zero-order chi connectivity index (χ0) is 10.6. The van der Waals surface area contributed by atoms with E-state index in [2.05, 4.69) is 10.1 Å². The first-order valence-electron chi connectivity index (χ1n) is 5.03. The minimum atomic E-state index is 0.319. The van der Waals surface area contributed by atoms with Crippen molar-refractivity contribution in [3.05, 3.63) is 11.6 Å². The van der Waals surface area contributed by atoms with Crippen molar-refractivity contribution >= 4 is 5.78 Å². The molecule has 4 heteroatoms. The predicted molar refractivity (Wildman–Crippen MR) is 54.0 cm³/mol. The van der Waals surface area contributed by atoms with Gasteiger partial charge < -0.3 is 0 Å². The monoisotopic (exact) mass is 195 g/mol. The molecule has 0 aliphatic heterocycles. The van der Waals surface area contributed by atoms with Crippen LogP contribution in [0, 0.1) is 13.8 Å². The Labute approximate surface area is 84.3 Å². The number of Topliss-reactive ketones (excluding diaryl/α,β-unsaturated/α-hetero) is 1.